The van der Waals surface area contributed by atoms with E-state index in [0.29, 0.717) is 6.42 Å². The Bertz CT molecular complexity index is 1020. The zero-order valence-corrected chi connectivity index (χ0v) is 14.0. The molecule has 1 unspecified atom stereocenters. The predicted octanol–water partition coefficient (Wildman–Crippen LogP) is 2.95. The van der Waals surface area contributed by atoms with Crippen LogP contribution in [0.25, 0.3) is 10.9 Å². The van der Waals surface area contributed by atoms with Crippen molar-refractivity contribution < 1.29 is 8.42 Å². The summed E-state index contributed by atoms with van der Waals surface area (Å²) in [6.07, 6.45) is 2.46. The van der Waals surface area contributed by atoms with Gasteiger partial charge in [0.1, 0.15) is 6.07 Å². The normalized spacial score (nSPS) is 12.8. The molecule has 0 bridgehead atoms. The Morgan fingerprint density at radius 3 is 2.67 bits per heavy atom. The van der Waals surface area contributed by atoms with Crippen molar-refractivity contribution in [3.05, 3.63) is 65.9 Å². The van der Waals surface area contributed by atoms with Crippen LogP contribution in [-0.4, -0.2) is 19.4 Å². The largest absolute Gasteiger partial charge is 0.361 e. The Balaban J connectivity index is 1.81. The highest BCUT2D eigenvalue weighted by Gasteiger charge is 2.21. The van der Waals surface area contributed by atoms with E-state index in [0.717, 1.165) is 16.5 Å². The molecular formula is C18H17N3O2S. The molecule has 0 amide bonds. The molecule has 2 N–H and O–H groups in total. The molecule has 5 nitrogen and oxygen atoms in total. The number of sulfonamides is 1. The van der Waals surface area contributed by atoms with Gasteiger partial charge in [-0.15, -0.1) is 0 Å². The minimum atomic E-state index is -3.74. The minimum absolute atomic E-state index is 0.0123. The van der Waals surface area contributed by atoms with Crippen LogP contribution in [0, 0.1) is 11.3 Å². The molecule has 122 valence electrons. The molecular weight excluding hydrogens is 322 g/mol. The fourth-order valence-corrected chi connectivity index (χ4v) is 4.19. The number of nitrogens with zero attached hydrogens (tertiary/aromatic N) is 1. The number of aromatic amines is 1. The molecule has 0 fully saturated rings. The van der Waals surface area contributed by atoms with Crippen molar-refractivity contribution in [2.75, 3.05) is 0 Å². The average molecular weight is 339 g/mol. The molecule has 24 heavy (non-hydrogen) atoms. The van der Waals surface area contributed by atoms with E-state index >= 15 is 0 Å². The molecule has 1 aromatic heterocycles. The van der Waals surface area contributed by atoms with Crippen LogP contribution >= 0.6 is 0 Å². The van der Waals surface area contributed by atoms with Crippen LogP contribution in [0.15, 0.2) is 59.6 Å². The van der Waals surface area contributed by atoms with Gasteiger partial charge in [-0.2, -0.15) is 5.26 Å². The molecule has 0 aliphatic heterocycles. The number of hydrogen-bond acceptors (Lipinski definition) is 3. The van der Waals surface area contributed by atoms with Crippen LogP contribution in [-0.2, 0) is 16.4 Å². The summed E-state index contributed by atoms with van der Waals surface area (Å²) < 4.78 is 27.7. The quantitative estimate of drug-likeness (QED) is 0.749. The molecule has 0 aliphatic carbocycles. The zero-order valence-electron chi connectivity index (χ0n) is 13.2. The molecule has 3 aromatic rings. The van der Waals surface area contributed by atoms with Crippen molar-refractivity contribution in [3.8, 4) is 6.07 Å². The third-order valence-electron chi connectivity index (χ3n) is 3.85. The molecule has 0 spiro atoms. The van der Waals surface area contributed by atoms with Crippen LogP contribution in [0.2, 0.25) is 0 Å². The van der Waals surface area contributed by atoms with E-state index in [4.69, 9.17) is 5.26 Å². The van der Waals surface area contributed by atoms with Crippen molar-refractivity contribution in [1.29, 1.82) is 5.26 Å². The Morgan fingerprint density at radius 1 is 1.17 bits per heavy atom. The monoisotopic (exact) mass is 339 g/mol. The van der Waals surface area contributed by atoms with Crippen LogP contribution in [0.5, 0.6) is 0 Å². The summed E-state index contributed by atoms with van der Waals surface area (Å²) in [4.78, 5) is 3.20. The van der Waals surface area contributed by atoms with Crippen LogP contribution < -0.4 is 4.72 Å². The molecule has 3 rings (SSSR count). The average Bonchev–Trinajstić information content (AvgIpc) is 2.97. The number of para-hydroxylation sites is 1. The zero-order chi connectivity index (χ0) is 17.2. The summed E-state index contributed by atoms with van der Waals surface area (Å²) in [6, 6.07) is 15.7. The molecule has 1 heterocycles. The van der Waals surface area contributed by atoms with E-state index < -0.39 is 10.0 Å². The summed E-state index contributed by atoms with van der Waals surface area (Å²) in [5, 5.41) is 10.2. The first-order valence-electron chi connectivity index (χ1n) is 7.58. The SMILES string of the molecule is CC(Cc1c[nH]c2ccccc12)NS(=O)(=O)c1ccccc1C#N. The highest BCUT2D eigenvalue weighted by molar-refractivity contribution is 7.89. The maximum atomic E-state index is 12.5. The van der Waals surface area contributed by atoms with Gasteiger partial charge in [0, 0.05) is 23.1 Å². The van der Waals surface area contributed by atoms with Gasteiger partial charge in [-0.25, -0.2) is 13.1 Å². The van der Waals surface area contributed by atoms with Gasteiger partial charge in [0.15, 0.2) is 0 Å². The second-order valence-corrected chi connectivity index (χ2v) is 7.38. The standard InChI is InChI=1S/C18H17N3O2S/c1-13(10-15-12-20-17-8-4-3-7-16(15)17)21-24(22,23)18-9-5-2-6-14(18)11-19/h2-9,12-13,20-21H,10H2,1H3. The van der Waals surface area contributed by atoms with E-state index in [1.54, 1.807) is 12.1 Å². The topological polar surface area (TPSA) is 85.8 Å². The van der Waals surface area contributed by atoms with Gasteiger partial charge >= 0.3 is 0 Å². The lowest BCUT2D eigenvalue weighted by molar-refractivity contribution is 0.560. The summed E-state index contributed by atoms with van der Waals surface area (Å²) in [7, 11) is -3.74. The fraction of sp³-hybridized carbons (Fsp3) is 0.167. The minimum Gasteiger partial charge on any atom is -0.361 e. The van der Waals surface area contributed by atoms with Gasteiger partial charge in [0.25, 0.3) is 0 Å². The van der Waals surface area contributed by atoms with E-state index in [2.05, 4.69) is 9.71 Å². The maximum Gasteiger partial charge on any atom is 0.242 e. The molecule has 0 radical (unpaired) electrons. The van der Waals surface area contributed by atoms with E-state index in [9.17, 15) is 8.42 Å². The predicted molar refractivity (Wildman–Crippen MR) is 92.9 cm³/mol. The third kappa shape index (κ3) is 3.18. The number of rotatable bonds is 5. The molecule has 1 atom stereocenters. The molecule has 0 aliphatic rings. The smallest absolute Gasteiger partial charge is 0.242 e. The van der Waals surface area contributed by atoms with Gasteiger partial charge in [-0.1, -0.05) is 30.3 Å². The Hall–Kier alpha value is -2.62. The van der Waals surface area contributed by atoms with Gasteiger partial charge < -0.3 is 4.98 Å². The number of nitrogens with one attached hydrogen (secondary N) is 2. The van der Waals surface area contributed by atoms with Gasteiger partial charge in [0.2, 0.25) is 10.0 Å². The van der Waals surface area contributed by atoms with Gasteiger partial charge in [-0.05, 0) is 37.1 Å². The Kier molecular flexibility index (Phi) is 4.38. The Morgan fingerprint density at radius 2 is 1.88 bits per heavy atom. The van der Waals surface area contributed by atoms with E-state index in [1.165, 1.54) is 12.1 Å². The molecule has 0 saturated heterocycles. The maximum absolute atomic E-state index is 12.5. The van der Waals surface area contributed by atoms with Crippen LogP contribution in [0.4, 0.5) is 0 Å². The second kappa shape index (κ2) is 6.48. The van der Waals surface area contributed by atoms with Crippen LogP contribution in [0.3, 0.4) is 0 Å². The van der Waals surface area contributed by atoms with Gasteiger partial charge in [0.05, 0.1) is 10.5 Å². The lowest BCUT2D eigenvalue weighted by Gasteiger charge is -2.14. The Labute approximate surface area is 141 Å². The highest BCUT2D eigenvalue weighted by atomic mass is 32.2. The summed E-state index contributed by atoms with van der Waals surface area (Å²) in [5.41, 5.74) is 2.22. The molecule has 0 saturated carbocycles. The first-order chi connectivity index (χ1) is 11.5. The summed E-state index contributed by atoms with van der Waals surface area (Å²) in [6.45, 7) is 1.81. The number of aromatic nitrogens is 1. The van der Waals surface area contributed by atoms with Crippen molar-refractivity contribution in [3.63, 3.8) is 0 Å². The van der Waals surface area contributed by atoms with Crippen molar-refractivity contribution >= 4 is 20.9 Å². The third-order valence-corrected chi connectivity index (χ3v) is 5.50. The van der Waals surface area contributed by atoms with E-state index in [-0.39, 0.29) is 16.5 Å². The number of fused-ring (bicyclic) bond motifs is 1. The fourth-order valence-electron chi connectivity index (χ4n) is 2.79. The number of nitriles is 1. The summed E-state index contributed by atoms with van der Waals surface area (Å²) >= 11 is 0. The number of hydrogen-bond donors (Lipinski definition) is 2. The van der Waals surface area contributed by atoms with Gasteiger partial charge in [-0.3, -0.25) is 0 Å². The van der Waals surface area contributed by atoms with Crippen molar-refractivity contribution in [2.24, 2.45) is 0 Å². The van der Waals surface area contributed by atoms with Crippen LogP contribution in [0.1, 0.15) is 18.1 Å². The number of H-pyrrole nitrogens is 1. The highest BCUT2D eigenvalue weighted by Crippen LogP contribution is 2.20. The molecule has 2 aromatic carbocycles. The first kappa shape index (κ1) is 16.2. The van der Waals surface area contributed by atoms with Crippen molar-refractivity contribution in [2.45, 2.75) is 24.3 Å². The lowest BCUT2D eigenvalue weighted by atomic mass is 10.1. The second-order valence-electron chi connectivity index (χ2n) is 5.69. The lowest BCUT2D eigenvalue weighted by Crippen LogP contribution is -2.34. The molecule has 6 heteroatoms. The number of benzene rings is 2. The van der Waals surface area contributed by atoms with Crippen molar-refractivity contribution in [1.82, 2.24) is 9.71 Å². The first-order valence-corrected chi connectivity index (χ1v) is 9.06. The van der Waals surface area contributed by atoms with E-state index in [1.807, 2.05) is 43.5 Å². The summed E-state index contributed by atoms with van der Waals surface area (Å²) in [5.74, 6) is 0.